The van der Waals surface area contributed by atoms with Crippen LogP contribution in [0.25, 0.3) is 0 Å². The zero-order valence-electron chi connectivity index (χ0n) is 12.6. The van der Waals surface area contributed by atoms with Crippen molar-refractivity contribution in [2.45, 2.75) is 18.1 Å². The zero-order valence-corrected chi connectivity index (χ0v) is 13.4. The first-order valence-electron chi connectivity index (χ1n) is 6.74. The van der Waals surface area contributed by atoms with Crippen LogP contribution in [0.5, 0.6) is 5.75 Å². The van der Waals surface area contributed by atoms with Gasteiger partial charge in [0.1, 0.15) is 11.0 Å². The van der Waals surface area contributed by atoms with Crippen LogP contribution in [-0.2, 0) is 19.4 Å². The molecular weight excluding hydrogens is 306 g/mol. The van der Waals surface area contributed by atoms with Crippen LogP contribution in [0.3, 0.4) is 0 Å². The molecule has 2 rings (SSSR count). The summed E-state index contributed by atoms with van der Waals surface area (Å²) in [5.74, 6) is -0.898. The van der Waals surface area contributed by atoms with Crippen LogP contribution < -0.4 is 4.74 Å². The van der Waals surface area contributed by atoms with Gasteiger partial charge in [0.15, 0.2) is 15.3 Å². The largest absolute Gasteiger partial charge is 0.497 e. The number of sulfone groups is 1. The molecule has 1 fully saturated rings. The van der Waals surface area contributed by atoms with Gasteiger partial charge in [-0.25, -0.2) is 8.42 Å². The standard InChI is InChI=1S/C15H17NO5S/c1-4-21-14(17)15(9-16)12(13(15)22(3,18)19)10-5-7-11(20-2)8-6-10/h5-8,12-13H,4H2,1-3H3/t12-,13+,15+/m0/s1. The van der Waals surface area contributed by atoms with Crippen molar-refractivity contribution in [3.05, 3.63) is 29.8 Å². The molecule has 1 aliphatic carbocycles. The molecule has 0 aromatic heterocycles. The van der Waals surface area contributed by atoms with Gasteiger partial charge in [-0.1, -0.05) is 12.1 Å². The van der Waals surface area contributed by atoms with Crippen molar-refractivity contribution >= 4 is 15.8 Å². The van der Waals surface area contributed by atoms with E-state index in [0.29, 0.717) is 11.3 Å². The fraction of sp³-hybridized carbons (Fsp3) is 0.467. The Bertz CT molecular complexity index is 719. The van der Waals surface area contributed by atoms with E-state index in [1.54, 1.807) is 31.2 Å². The van der Waals surface area contributed by atoms with Crippen molar-refractivity contribution in [1.29, 1.82) is 5.26 Å². The minimum absolute atomic E-state index is 0.0913. The number of hydrogen-bond donors (Lipinski definition) is 0. The average Bonchev–Trinajstić information content (AvgIpc) is 3.18. The summed E-state index contributed by atoms with van der Waals surface area (Å²) < 4.78 is 34.0. The third-order valence-corrected chi connectivity index (χ3v) is 5.43. The van der Waals surface area contributed by atoms with Crippen LogP contribution in [0.15, 0.2) is 24.3 Å². The Morgan fingerprint density at radius 1 is 1.36 bits per heavy atom. The van der Waals surface area contributed by atoms with Gasteiger partial charge in [0.2, 0.25) is 0 Å². The van der Waals surface area contributed by atoms with Gasteiger partial charge in [-0.05, 0) is 24.6 Å². The van der Waals surface area contributed by atoms with Crippen LogP contribution in [-0.4, -0.2) is 39.6 Å². The molecule has 1 saturated carbocycles. The summed E-state index contributed by atoms with van der Waals surface area (Å²) in [5, 5.41) is 8.39. The minimum Gasteiger partial charge on any atom is -0.497 e. The van der Waals surface area contributed by atoms with E-state index in [4.69, 9.17) is 9.47 Å². The number of ether oxygens (including phenoxy) is 2. The number of carbonyl (C=O) groups is 1. The Morgan fingerprint density at radius 2 is 1.95 bits per heavy atom. The summed E-state index contributed by atoms with van der Waals surface area (Å²) in [6.45, 7) is 1.71. The summed E-state index contributed by atoms with van der Waals surface area (Å²) in [4.78, 5) is 12.2. The summed E-state index contributed by atoms with van der Waals surface area (Å²) in [6, 6.07) is 8.55. The number of rotatable bonds is 5. The molecule has 1 aromatic rings. The monoisotopic (exact) mass is 323 g/mol. The van der Waals surface area contributed by atoms with Crippen LogP contribution in [0, 0.1) is 16.7 Å². The second-order valence-electron chi connectivity index (χ2n) is 5.20. The SMILES string of the molecule is CCOC(=O)[C@@]1(C#N)[C@H](S(C)(=O)=O)[C@@H]1c1ccc(OC)cc1. The predicted octanol–water partition coefficient (Wildman–Crippen LogP) is 1.28. The first-order chi connectivity index (χ1) is 10.3. The molecule has 0 bridgehead atoms. The molecule has 22 heavy (non-hydrogen) atoms. The molecule has 1 aliphatic rings. The third kappa shape index (κ3) is 2.44. The first-order valence-corrected chi connectivity index (χ1v) is 8.69. The predicted molar refractivity (Wildman–Crippen MR) is 79.0 cm³/mol. The van der Waals surface area contributed by atoms with E-state index in [2.05, 4.69) is 0 Å². The Hall–Kier alpha value is -2.07. The lowest BCUT2D eigenvalue weighted by Gasteiger charge is -2.08. The van der Waals surface area contributed by atoms with E-state index in [9.17, 15) is 18.5 Å². The average molecular weight is 323 g/mol. The summed E-state index contributed by atoms with van der Waals surface area (Å²) in [5.41, 5.74) is -1.07. The Kier molecular flexibility index (Phi) is 4.16. The summed E-state index contributed by atoms with van der Waals surface area (Å²) >= 11 is 0. The highest BCUT2D eigenvalue weighted by molar-refractivity contribution is 7.91. The molecule has 0 N–H and O–H groups in total. The van der Waals surface area contributed by atoms with Gasteiger partial charge >= 0.3 is 5.97 Å². The number of nitriles is 1. The molecule has 0 amide bonds. The second-order valence-corrected chi connectivity index (χ2v) is 7.37. The molecule has 7 heteroatoms. The molecule has 1 aromatic carbocycles. The van der Waals surface area contributed by atoms with E-state index in [1.165, 1.54) is 7.11 Å². The molecule has 0 spiro atoms. The molecule has 3 atom stereocenters. The maximum absolute atomic E-state index is 12.2. The lowest BCUT2D eigenvalue weighted by atomic mass is 10.0. The van der Waals surface area contributed by atoms with Crippen molar-refractivity contribution in [3.8, 4) is 11.8 Å². The number of carbonyl (C=O) groups excluding carboxylic acids is 1. The van der Waals surface area contributed by atoms with Gasteiger partial charge in [-0.2, -0.15) is 5.26 Å². The van der Waals surface area contributed by atoms with E-state index in [-0.39, 0.29) is 6.61 Å². The molecule has 0 unspecified atom stereocenters. The Balaban J connectivity index is 2.47. The van der Waals surface area contributed by atoms with E-state index >= 15 is 0 Å². The molecule has 118 valence electrons. The molecule has 0 heterocycles. The van der Waals surface area contributed by atoms with Gasteiger partial charge in [0.25, 0.3) is 0 Å². The summed E-state index contributed by atoms with van der Waals surface area (Å²) in [7, 11) is -2.06. The van der Waals surface area contributed by atoms with Crippen molar-refractivity contribution < 1.29 is 22.7 Å². The van der Waals surface area contributed by atoms with E-state index < -0.39 is 32.4 Å². The highest BCUT2D eigenvalue weighted by Gasteiger charge is 2.76. The van der Waals surface area contributed by atoms with Crippen LogP contribution >= 0.6 is 0 Å². The topological polar surface area (TPSA) is 93.5 Å². The fourth-order valence-electron chi connectivity index (χ4n) is 2.86. The van der Waals surface area contributed by atoms with Crippen LogP contribution in [0.1, 0.15) is 18.4 Å². The van der Waals surface area contributed by atoms with Crippen molar-refractivity contribution in [2.75, 3.05) is 20.0 Å². The zero-order chi connectivity index (χ0) is 16.5. The van der Waals surface area contributed by atoms with Crippen LogP contribution in [0.2, 0.25) is 0 Å². The van der Waals surface area contributed by atoms with Gasteiger partial charge < -0.3 is 9.47 Å². The van der Waals surface area contributed by atoms with Crippen molar-refractivity contribution in [1.82, 2.24) is 0 Å². The van der Waals surface area contributed by atoms with Crippen molar-refractivity contribution in [2.24, 2.45) is 5.41 Å². The van der Waals surface area contributed by atoms with Crippen LogP contribution in [0.4, 0.5) is 0 Å². The van der Waals surface area contributed by atoms with Crippen molar-refractivity contribution in [3.63, 3.8) is 0 Å². The molecular formula is C15H17NO5S. The Morgan fingerprint density at radius 3 is 2.36 bits per heavy atom. The number of methoxy groups -OCH3 is 1. The van der Waals surface area contributed by atoms with E-state index in [1.807, 2.05) is 6.07 Å². The van der Waals surface area contributed by atoms with Gasteiger partial charge in [0, 0.05) is 12.2 Å². The number of benzene rings is 1. The van der Waals surface area contributed by atoms with E-state index in [0.717, 1.165) is 6.26 Å². The van der Waals surface area contributed by atoms with Gasteiger partial charge in [-0.15, -0.1) is 0 Å². The quantitative estimate of drug-likeness (QED) is 0.758. The lowest BCUT2D eigenvalue weighted by molar-refractivity contribution is -0.147. The molecule has 0 radical (unpaired) electrons. The highest BCUT2D eigenvalue weighted by atomic mass is 32.2. The molecule has 6 nitrogen and oxygen atoms in total. The maximum atomic E-state index is 12.2. The minimum atomic E-state index is -3.58. The second kappa shape index (κ2) is 5.61. The summed E-state index contributed by atoms with van der Waals surface area (Å²) in [6.07, 6.45) is 1.03. The molecule has 0 saturated heterocycles. The highest BCUT2D eigenvalue weighted by Crippen LogP contribution is 2.63. The normalized spacial score (nSPS) is 26.8. The number of hydrogen-bond acceptors (Lipinski definition) is 6. The fourth-order valence-corrected chi connectivity index (χ4v) is 4.62. The number of nitrogens with zero attached hydrogens (tertiary/aromatic N) is 1. The van der Waals surface area contributed by atoms with Gasteiger partial charge in [0.05, 0.1) is 19.8 Å². The lowest BCUT2D eigenvalue weighted by Crippen LogP contribution is -2.24. The maximum Gasteiger partial charge on any atom is 0.328 e. The smallest absolute Gasteiger partial charge is 0.328 e. The first kappa shape index (κ1) is 16.3. The molecule has 0 aliphatic heterocycles. The Labute approximate surface area is 129 Å². The van der Waals surface area contributed by atoms with Gasteiger partial charge in [-0.3, -0.25) is 4.79 Å². The third-order valence-electron chi connectivity index (χ3n) is 3.87. The number of esters is 1.